The Bertz CT molecular complexity index is 834. The summed E-state index contributed by atoms with van der Waals surface area (Å²) >= 11 is 1.45. The summed E-state index contributed by atoms with van der Waals surface area (Å²) in [7, 11) is 1.54. The zero-order chi connectivity index (χ0) is 21.0. The van der Waals surface area contributed by atoms with Crippen molar-refractivity contribution in [3.63, 3.8) is 0 Å². The van der Waals surface area contributed by atoms with Crippen LogP contribution in [0.25, 0.3) is 0 Å². The lowest BCUT2D eigenvalue weighted by molar-refractivity contribution is -0.141. The smallest absolute Gasteiger partial charge is 0.338 e. The van der Waals surface area contributed by atoms with Gasteiger partial charge in [-0.3, -0.25) is 9.69 Å². The first-order chi connectivity index (χ1) is 14.0. The topological polar surface area (TPSA) is 77.4 Å². The van der Waals surface area contributed by atoms with E-state index in [4.69, 9.17) is 14.2 Å². The zero-order valence-electron chi connectivity index (χ0n) is 17.1. The number of rotatable bonds is 8. The summed E-state index contributed by atoms with van der Waals surface area (Å²) in [5.74, 6) is 0.211. The number of carbonyl (C=O) groups excluding carboxylic acids is 2. The molecule has 7 nitrogen and oxygen atoms in total. The second kappa shape index (κ2) is 9.45. The van der Waals surface area contributed by atoms with Crippen LogP contribution in [0.15, 0.2) is 40.5 Å². The van der Waals surface area contributed by atoms with Crippen LogP contribution in [0.4, 0.5) is 0 Å². The Labute approximate surface area is 175 Å². The number of aliphatic imine (C=N–C) groups is 1. The quantitative estimate of drug-likeness (QED) is 0.476. The maximum Gasteiger partial charge on any atom is 0.338 e. The van der Waals surface area contributed by atoms with Crippen LogP contribution in [-0.4, -0.2) is 54.1 Å². The van der Waals surface area contributed by atoms with Crippen LogP contribution < -0.4 is 4.74 Å². The van der Waals surface area contributed by atoms with Gasteiger partial charge < -0.3 is 14.2 Å². The van der Waals surface area contributed by atoms with E-state index < -0.39 is 12.0 Å². The third kappa shape index (κ3) is 4.33. The summed E-state index contributed by atoms with van der Waals surface area (Å²) in [6.45, 7) is 6.68. The number of hydrogen-bond acceptors (Lipinski definition) is 7. The lowest BCUT2D eigenvalue weighted by Gasteiger charge is -2.33. The van der Waals surface area contributed by atoms with Crippen LogP contribution in [0.2, 0.25) is 0 Å². The molecule has 0 aliphatic carbocycles. The molecule has 3 rings (SSSR count). The minimum Gasteiger partial charge on any atom is -0.494 e. The van der Waals surface area contributed by atoms with Gasteiger partial charge in [0.2, 0.25) is 5.91 Å². The number of hydrogen-bond donors (Lipinski definition) is 0. The molecular weight excluding hydrogens is 392 g/mol. The molecular formula is C21H26N2O5S. The van der Waals surface area contributed by atoms with Crippen LogP contribution in [-0.2, 0) is 19.1 Å². The molecule has 0 saturated carbocycles. The second-order valence-electron chi connectivity index (χ2n) is 6.65. The van der Waals surface area contributed by atoms with Crippen LogP contribution in [0.5, 0.6) is 5.75 Å². The predicted octanol–water partition coefficient (Wildman–Crippen LogP) is 3.31. The number of nitrogens with zero attached hydrogens (tertiary/aromatic N) is 2. The third-order valence-corrected chi connectivity index (χ3v) is 6.09. The number of amidine groups is 1. The first-order valence-corrected chi connectivity index (χ1v) is 10.6. The monoisotopic (exact) mass is 418 g/mol. The third-order valence-electron chi connectivity index (χ3n) is 4.77. The fourth-order valence-electron chi connectivity index (χ4n) is 3.37. The van der Waals surface area contributed by atoms with Gasteiger partial charge in [0.05, 0.1) is 35.8 Å². The summed E-state index contributed by atoms with van der Waals surface area (Å²) in [6, 6.07) is 6.87. The first-order valence-electron chi connectivity index (χ1n) is 9.69. The van der Waals surface area contributed by atoms with Crippen molar-refractivity contribution in [3.05, 3.63) is 41.1 Å². The van der Waals surface area contributed by atoms with Gasteiger partial charge in [-0.2, -0.15) is 0 Å². The van der Waals surface area contributed by atoms with Crippen molar-refractivity contribution in [3.8, 4) is 5.75 Å². The lowest BCUT2D eigenvalue weighted by Crippen LogP contribution is -2.40. The van der Waals surface area contributed by atoms with Crippen LogP contribution >= 0.6 is 11.8 Å². The molecule has 8 heteroatoms. The number of thioether (sulfide) groups is 1. The second-order valence-corrected chi connectivity index (χ2v) is 7.82. The number of fused-ring (bicyclic) bond motifs is 1. The van der Waals surface area contributed by atoms with Gasteiger partial charge in [-0.1, -0.05) is 30.8 Å². The summed E-state index contributed by atoms with van der Waals surface area (Å²) in [4.78, 5) is 32.2. The minimum absolute atomic E-state index is 0.0372. The van der Waals surface area contributed by atoms with E-state index >= 15 is 0 Å². The van der Waals surface area contributed by atoms with Crippen molar-refractivity contribution in [1.29, 1.82) is 0 Å². The highest BCUT2D eigenvalue weighted by Gasteiger charge is 2.47. The maximum atomic E-state index is 13.1. The molecule has 2 atom stereocenters. The molecule has 2 heterocycles. The summed E-state index contributed by atoms with van der Waals surface area (Å²) < 4.78 is 15.9. The molecule has 1 aromatic carbocycles. The van der Waals surface area contributed by atoms with E-state index in [0.29, 0.717) is 36.1 Å². The average Bonchev–Trinajstić information content (AvgIpc) is 3.03. The Balaban J connectivity index is 2.01. The van der Waals surface area contributed by atoms with E-state index in [0.717, 1.165) is 11.3 Å². The van der Waals surface area contributed by atoms with Crippen molar-refractivity contribution in [1.82, 2.24) is 4.90 Å². The predicted molar refractivity (Wildman–Crippen MR) is 112 cm³/mol. The van der Waals surface area contributed by atoms with Gasteiger partial charge in [0.15, 0.2) is 5.17 Å². The molecule has 1 saturated heterocycles. The zero-order valence-corrected chi connectivity index (χ0v) is 18.0. The van der Waals surface area contributed by atoms with E-state index in [1.54, 1.807) is 18.9 Å². The van der Waals surface area contributed by atoms with Gasteiger partial charge in [-0.05, 0) is 38.0 Å². The van der Waals surface area contributed by atoms with Crippen molar-refractivity contribution < 1.29 is 23.8 Å². The molecule has 2 aliphatic heterocycles. The van der Waals surface area contributed by atoms with Gasteiger partial charge in [0.25, 0.3) is 0 Å². The number of esters is 1. The molecule has 29 heavy (non-hydrogen) atoms. The molecule has 2 aliphatic rings. The Morgan fingerprint density at radius 3 is 2.55 bits per heavy atom. The van der Waals surface area contributed by atoms with Crippen molar-refractivity contribution >= 4 is 28.8 Å². The Kier molecular flexibility index (Phi) is 6.97. The standard InChI is InChI=1S/C21H26N2O5S/c1-5-16-19(24)23-18(14-7-9-15(10-8-14)27-6-2)17(13(3)22-21(23)29-16)20(25)28-12-11-26-4/h7-10,16,18H,5-6,11-12H2,1-4H3/t16-,18+/m1/s1. The average molecular weight is 419 g/mol. The fourth-order valence-corrected chi connectivity index (χ4v) is 4.51. The maximum absolute atomic E-state index is 13.1. The van der Waals surface area contributed by atoms with Crippen molar-refractivity contribution in [2.24, 2.45) is 4.99 Å². The molecule has 0 N–H and O–H groups in total. The fraction of sp³-hybridized carbons (Fsp3) is 0.476. The molecule has 1 fully saturated rings. The van der Waals surface area contributed by atoms with E-state index in [1.165, 1.54) is 11.8 Å². The van der Waals surface area contributed by atoms with Gasteiger partial charge >= 0.3 is 5.97 Å². The highest BCUT2D eigenvalue weighted by molar-refractivity contribution is 8.15. The van der Waals surface area contributed by atoms with Gasteiger partial charge in [0.1, 0.15) is 12.4 Å². The number of amides is 1. The van der Waals surface area contributed by atoms with Crippen LogP contribution in [0.3, 0.4) is 0 Å². The number of carbonyl (C=O) groups is 2. The molecule has 0 radical (unpaired) electrons. The van der Waals surface area contributed by atoms with Gasteiger partial charge in [0, 0.05) is 7.11 Å². The molecule has 0 spiro atoms. The van der Waals surface area contributed by atoms with Gasteiger partial charge in [-0.25, -0.2) is 9.79 Å². The molecule has 0 unspecified atom stereocenters. The van der Waals surface area contributed by atoms with E-state index in [1.807, 2.05) is 38.1 Å². The molecule has 156 valence electrons. The largest absolute Gasteiger partial charge is 0.494 e. The molecule has 1 amide bonds. The Morgan fingerprint density at radius 2 is 1.93 bits per heavy atom. The Morgan fingerprint density at radius 1 is 1.21 bits per heavy atom. The highest BCUT2D eigenvalue weighted by atomic mass is 32.2. The lowest BCUT2D eigenvalue weighted by atomic mass is 9.94. The SMILES string of the molecule is CCOc1ccc([C@H]2C(C(=O)OCCOC)=C(C)N=C3S[C@H](CC)C(=O)N32)cc1. The molecule has 1 aromatic rings. The van der Waals surface area contributed by atoms with E-state index in [2.05, 4.69) is 4.99 Å². The van der Waals surface area contributed by atoms with E-state index in [9.17, 15) is 9.59 Å². The van der Waals surface area contributed by atoms with Crippen molar-refractivity contribution in [2.75, 3.05) is 26.9 Å². The van der Waals surface area contributed by atoms with Gasteiger partial charge in [-0.15, -0.1) is 0 Å². The minimum atomic E-state index is -0.579. The molecule has 0 aromatic heterocycles. The van der Waals surface area contributed by atoms with Crippen LogP contribution in [0.1, 0.15) is 38.8 Å². The summed E-state index contributed by atoms with van der Waals surface area (Å²) in [6.07, 6.45) is 0.696. The first kappa shape index (κ1) is 21.4. The summed E-state index contributed by atoms with van der Waals surface area (Å²) in [5, 5.41) is 0.433. The number of benzene rings is 1. The highest BCUT2D eigenvalue weighted by Crippen LogP contribution is 2.44. The number of allylic oxidation sites excluding steroid dienone is 1. The molecule has 0 bridgehead atoms. The number of methoxy groups -OCH3 is 1. The van der Waals surface area contributed by atoms with E-state index in [-0.39, 0.29) is 17.8 Å². The summed E-state index contributed by atoms with van der Waals surface area (Å²) in [5.41, 5.74) is 1.75. The number of ether oxygens (including phenoxy) is 3. The van der Waals surface area contributed by atoms with Crippen molar-refractivity contribution in [2.45, 2.75) is 38.5 Å². The normalized spacial score (nSPS) is 21.2. The van der Waals surface area contributed by atoms with Crippen LogP contribution in [0, 0.1) is 0 Å². The Hall–Kier alpha value is -2.32.